The van der Waals surface area contributed by atoms with Gasteiger partial charge in [-0.05, 0) is 13.0 Å². The number of nitro benzene ring substituents is 1. The summed E-state index contributed by atoms with van der Waals surface area (Å²) in [5.74, 6) is -0.0490. The van der Waals surface area contributed by atoms with Gasteiger partial charge in [-0.25, -0.2) is 4.79 Å². The zero-order valence-corrected chi connectivity index (χ0v) is 10.9. The van der Waals surface area contributed by atoms with E-state index in [0.29, 0.717) is 11.3 Å². The van der Waals surface area contributed by atoms with Gasteiger partial charge in [0.15, 0.2) is 6.10 Å². The lowest BCUT2D eigenvalue weighted by molar-refractivity contribution is -0.385. The number of carbonyl (C=O) groups is 1. The molecule has 1 unspecified atom stereocenters. The largest absolute Gasteiger partial charge is 0.496 e. The molecule has 7 heteroatoms. The number of non-ortho nitro benzene ring substituents is 1. The van der Waals surface area contributed by atoms with E-state index < -0.39 is 17.0 Å². The Hall–Kier alpha value is -2.15. The maximum atomic E-state index is 11.2. The van der Waals surface area contributed by atoms with Gasteiger partial charge in [0.05, 0.1) is 25.7 Å². The number of rotatable bonds is 6. The molecular weight excluding hydrogens is 254 g/mol. The summed E-state index contributed by atoms with van der Waals surface area (Å²) >= 11 is 0. The summed E-state index contributed by atoms with van der Waals surface area (Å²) < 4.78 is 14.9. The summed E-state index contributed by atoms with van der Waals surface area (Å²) in [5.41, 5.74) is 0.428. The number of benzene rings is 1. The molecule has 0 saturated heterocycles. The summed E-state index contributed by atoms with van der Waals surface area (Å²) in [6.45, 7) is 1.55. The van der Waals surface area contributed by atoms with Crippen molar-refractivity contribution in [3.05, 3.63) is 33.9 Å². The first-order valence-corrected chi connectivity index (χ1v) is 5.50. The predicted molar refractivity (Wildman–Crippen MR) is 65.9 cm³/mol. The molecule has 0 aliphatic carbocycles. The van der Waals surface area contributed by atoms with Crippen LogP contribution in [-0.2, 0) is 20.9 Å². The van der Waals surface area contributed by atoms with Crippen LogP contribution in [0, 0.1) is 10.1 Å². The van der Waals surface area contributed by atoms with E-state index in [-0.39, 0.29) is 12.3 Å². The van der Waals surface area contributed by atoms with Crippen LogP contribution < -0.4 is 4.74 Å². The number of methoxy groups -OCH3 is 2. The van der Waals surface area contributed by atoms with Gasteiger partial charge >= 0.3 is 5.97 Å². The van der Waals surface area contributed by atoms with E-state index in [4.69, 9.17) is 9.47 Å². The third-order valence-electron chi connectivity index (χ3n) is 2.50. The number of hydrogen-bond donors (Lipinski definition) is 0. The minimum atomic E-state index is -0.756. The number of hydrogen-bond acceptors (Lipinski definition) is 6. The van der Waals surface area contributed by atoms with Crippen molar-refractivity contribution in [2.45, 2.75) is 19.6 Å². The van der Waals surface area contributed by atoms with E-state index in [9.17, 15) is 14.9 Å². The molecule has 1 aromatic rings. The summed E-state index contributed by atoms with van der Waals surface area (Å²) in [7, 11) is 2.71. The summed E-state index contributed by atoms with van der Waals surface area (Å²) in [5, 5.41) is 10.7. The predicted octanol–water partition coefficient (Wildman–Crippen LogP) is 1.68. The fourth-order valence-electron chi connectivity index (χ4n) is 1.44. The third-order valence-corrected chi connectivity index (χ3v) is 2.50. The molecule has 0 bridgehead atoms. The molecule has 0 aliphatic heterocycles. The van der Waals surface area contributed by atoms with Gasteiger partial charge in [-0.2, -0.15) is 0 Å². The first-order chi connectivity index (χ1) is 8.99. The molecule has 7 nitrogen and oxygen atoms in total. The van der Waals surface area contributed by atoms with Crippen LogP contribution in [0.3, 0.4) is 0 Å². The van der Waals surface area contributed by atoms with E-state index in [0.717, 1.165) is 0 Å². The Labute approximate surface area is 110 Å². The summed E-state index contributed by atoms with van der Waals surface area (Å²) in [6, 6.07) is 4.18. The van der Waals surface area contributed by atoms with E-state index in [1.807, 2.05) is 0 Å². The molecule has 1 aromatic carbocycles. The van der Waals surface area contributed by atoms with Gasteiger partial charge < -0.3 is 14.2 Å². The highest BCUT2D eigenvalue weighted by atomic mass is 16.6. The van der Waals surface area contributed by atoms with Crippen molar-refractivity contribution >= 4 is 11.7 Å². The Kier molecular flexibility index (Phi) is 5.25. The highest BCUT2D eigenvalue weighted by Crippen LogP contribution is 2.25. The topological polar surface area (TPSA) is 87.9 Å². The Bertz CT molecular complexity index is 473. The van der Waals surface area contributed by atoms with Crippen LogP contribution in [0.25, 0.3) is 0 Å². The molecule has 1 atom stereocenters. The van der Waals surface area contributed by atoms with Crippen LogP contribution in [-0.4, -0.2) is 31.2 Å². The Morgan fingerprint density at radius 3 is 2.63 bits per heavy atom. The van der Waals surface area contributed by atoms with Gasteiger partial charge in [-0.1, -0.05) is 0 Å². The van der Waals surface area contributed by atoms with Crippen molar-refractivity contribution in [2.75, 3.05) is 14.2 Å². The van der Waals surface area contributed by atoms with Crippen molar-refractivity contribution in [1.29, 1.82) is 0 Å². The van der Waals surface area contributed by atoms with Gasteiger partial charge in [0, 0.05) is 17.7 Å². The average Bonchev–Trinajstić information content (AvgIpc) is 2.43. The maximum Gasteiger partial charge on any atom is 0.334 e. The minimum Gasteiger partial charge on any atom is -0.496 e. The Morgan fingerprint density at radius 1 is 1.42 bits per heavy atom. The van der Waals surface area contributed by atoms with Gasteiger partial charge in [-0.3, -0.25) is 10.1 Å². The fraction of sp³-hybridized carbons (Fsp3) is 0.417. The third kappa shape index (κ3) is 3.92. The highest BCUT2D eigenvalue weighted by Gasteiger charge is 2.16. The molecule has 0 aliphatic rings. The number of carbonyl (C=O) groups excluding carboxylic acids is 1. The first-order valence-electron chi connectivity index (χ1n) is 5.50. The molecule has 104 valence electrons. The lowest BCUT2D eigenvalue weighted by Gasteiger charge is -2.12. The smallest absolute Gasteiger partial charge is 0.334 e. The Balaban J connectivity index is 2.83. The van der Waals surface area contributed by atoms with Crippen LogP contribution in [0.15, 0.2) is 18.2 Å². The SMILES string of the molecule is COC(=O)C(C)OCc1cc([N+](=O)[O-])ccc1OC. The molecule has 0 saturated carbocycles. The van der Waals surface area contributed by atoms with Gasteiger partial charge in [0.1, 0.15) is 5.75 Å². The second kappa shape index (κ2) is 6.69. The van der Waals surface area contributed by atoms with E-state index >= 15 is 0 Å². The molecule has 0 radical (unpaired) electrons. The van der Waals surface area contributed by atoms with Crippen molar-refractivity contribution in [3.63, 3.8) is 0 Å². The van der Waals surface area contributed by atoms with E-state index in [2.05, 4.69) is 4.74 Å². The minimum absolute atomic E-state index is 0.0150. The molecular formula is C12H15NO6. The van der Waals surface area contributed by atoms with E-state index in [1.54, 1.807) is 0 Å². The normalized spacial score (nSPS) is 11.7. The van der Waals surface area contributed by atoms with Gasteiger partial charge in [0.25, 0.3) is 5.69 Å². The molecule has 0 N–H and O–H groups in total. The zero-order valence-electron chi connectivity index (χ0n) is 10.9. The number of esters is 1. The molecule has 0 spiro atoms. The van der Waals surface area contributed by atoms with Crippen molar-refractivity contribution in [3.8, 4) is 5.75 Å². The highest BCUT2D eigenvalue weighted by molar-refractivity contribution is 5.73. The standard InChI is InChI=1S/C12H15NO6/c1-8(12(14)18-3)19-7-9-6-10(13(15)16)4-5-11(9)17-2/h4-6,8H,7H2,1-3H3. The second-order valence-electron chi connectivity index (χ2n) is 3.73. The fourth-order valence-corrected chi connectivity index (χ4v) is 1.44. The maximum absolute atomic E-state index is 11.2. The lowest BCUT2D eigenvalue weighted by atomic mass is 10.2. The molecule has 0 heterocycles. The monoisotopic (exact) mass is 269 g/mol. The first kappa shape index (κ1) is 14.9. The van der Waals surface area contributed by atoms with Crippen LogP contribution in [0.5, 0.6) is 5.75 Å². The van der Waals surface area contributed by atoms with Crippen LogP contribution in [0.2, 0.25) is 0 Å². The van der Waals surface area contributed by atoms with Gasteiger partial charge in [0.2, 0.25) is 0 Å². The van der Waals surface area contributed by atoms with Crippen molar-refractivity contribution in [2.24, 2.45) is 0 Å². The number of ether oxygens (including phenoxy) is 3. The van der Waals surface area contributed by atoms with Gasteiger partial charge in [-0.15, -0.1) is 0 Å². The number of nitro groups is 1. The molecule has 0 amide bonds. The summed E-state index contributed by atoms with van der Waals surface area (Å²) in [6.07, 6.45) is -0.756. The lowest BCUT2D eigenvalue weighted by Crippen LogP contribution is -2.21. The van der Waals surface area contributed by atoms with Crippen LogP contribution in [0.4, 0.5) is 5.69 Å². The Morgan fingerprint density at radius 2 is 2.11 bits per heavy atom. The van der Waals surface area contributed by atoms with Crippen LogP contribution in [0.1, 0.15) is 12.5 Å². The quantitative estimate of drug-likeness (QED) is 0.443. The van der Waals surface area contributed by atoms with Crippen molar-refractivity contribution in [1.82, 2.24) is 0 Å². The molecule has 19 heavy (non-hydrogen) atoms. The van der Waals surface area contributed by atoms with E-state index in [1.165, 1.54) is 39.3 Å². The molecule has 0 fully saturated rings. The zero-order chi connectivity index (χ0) is 14.4. The average molecular weight is 269 g/mol. The van der Waals surface area contributed by atoms with Crippen LogP contribution >= 0.6 is 0 Å². The number of nitrogens with zero attached hydrogens (tertiary/aromatic N) is 1. The summed E-state index contributed by atoms with van der Waals surface area (Å²) in [4.78, 5) is 21.4. The second-order valence-corrected chi connectivity index (χ2v) is 3.73. The van der Waals surface area contributed by atoms with Crippen molar-refractivity contribution < 1.29 is 23.9 Å². The molecule has 1 rings (SSSR count). The molecule has 0 aromatic heterocycles.